The van der Waals surface area contributed by atoms with Gasteiger partial charge in [0.15, 0.2) is 5.76 Å². The predicted molar refractivity (Wildman–Crippen MR) is 197 cm³/mol. The molecular formula is C40H45F5N6O6. The summed E-state index contributed by atoms with van der Waals surface area (Å²) in [6.45, 7) is 2.11. The molecule has 4 heterocycles. The van der Waals surface area contributed by atoms with E-state index in [1.165, 1.54) is 18.5 Å². The number of piperazine rings is 1. The zero-order valence-corrected chi connectivity index (χ0v) is 31.3. The van der Waals surface area contributed by atoms with Crippen molar-refractivity contribution in [1.29, 1.82) is 0 Å². The van der Waals surface area contributed by atoms with E-state index >= 15 is 0 Å². The highest BCUT2D eigenvalue weighted by atomic mass is 19.4. The number of amides is 2. The predicted octanol–water partition coefficient (Wildman–Crippen LogP) is 4.79. The van der Waals surface area contributed by atoms with Gasteiger partial charge in [0.2, 0.25) is 17.7 Å². The van der Waals surface area contributed by atoms with E-state index in [4.69, 9.17) is 9.15 Å². The van der Waals surface area contributed by atoms with Gasteiger partial charge >= 0.3 is 6.18 Å². The van der Waals surface area contributed by atoms with Gasteiger partial charge in [-0.1, -0.05) is 48.5 Å². The average molecular weight is 801 g/mol. The van der Waals surface area contributed by atoms with E-state index in [0.29, 0.717) is 11.3 Å². The number of nitrogens with zero attached hydrogens (tertiary/aromatic N) is 4. The van der Waals surface area contributed by atoms with Crippen molar-refractivity contribution in [3.8, 4) is 17.1 Å². The van der Waals surface area contributed by atoms with Crippen LogP contribution >= 0.6 is 0 Å². The molecule has 2 aliphatic heterocycles. The van der Waals surface area contributed by atoms with Crippen LogP contribution in [0.2, 0.25) is 0 Å². The van der Waals surface area contributed by atoms with Gasteiger partial charge in [-0.3, -0.25) is 24.4 Å². The Morgan fingerprint density at radius 3 is 2.49 bits per heavy atom. The van der Waals surface area contributed by atoms with Gasteiger partial charge in [0, 0.05) is 61.2 Å². The van der Waals surface area contributed by atoms with Crippen molar-refractivity contribution in [2.24, 2.45) is 5.92 Å². The molecule has 0 radical (unpaired) electrons. The summed E-state index contributed by atoms with van der Waals surface area (Å²) in [6.07, 6.45) is -5.69. The van der Waals surface area contributed by atoms with Gasteiger partial charge < -0.3 is 30.0 Å². The second kappa shape index (κ2) is 17.7. The molecular weight excluding hydrogens is 755 g/mol. The van der Waals surface area contributed by atoms with E-state index in [1.807, 2.05) is 40.5 Å². The van der Waals surface area contributed by atoms with E-state index in [1.54, 1.807) is 43.0 Å². The molecule has 1 saturated heterocycles. The zero-order valence-electron chi connectivity index (χ0n) is 31.3. The maximum Gasteiger partial charge on any atom is 0.405 e. The highest BCUT2D eigenvalue weighted by Gasteiger charge is 2.43. The lowest BCUT2D eigenvalue weighted by Gasteiger charge is -2.46. The molecule has 0 aliphatic carbocycles. The Bertz CT molecular complexity index is 1980. The van der Waals surface area contributed by atoms with Crippen molar-refractivity contribution in [2.75, 3.05) is 39.3 Å². The largest absolute Gasteiger partial charge is 0.490 e. The van der Waals surface area contributed by atoms with Crippen molar-refractivity contribution < 1.29 is 50.9 Å². The number of rotatable bonds is 14. The molecule has 2 aliphatic rings. The Morgan fingerprint density at radius 2 is 1.75 bits per heavy atom. The maximum absolute atomic E-state index is 14.0. The number of halogens is 5. The van der Waals surface area contributed by atoms with Crippen molar-refractivity contribution >= 4 is 11.8 Å². The summed E-state index contributed by atoms with van der Waals surface area (Å²) in [6, 6.07) is 15.5. The fourth-order valence-electron chi connectivity index (χ4n) is 7.29. The molecule has 0 bridgehead atoms. The topological polar surface area (TPSA) is 153 Å². The van der Waals surface area contributed by atoms with Crippen LogP contribution in [-0.4, -0.2) is 106 Å². The third kappa shape index (κ3) is 10.3. The van der Waals surface area contributed by atoms with Crippen molar-refractivity contribution in [3.05, 3.63) is 102 Å². The molecule has 306 valence electrons. The number of aliphatic hydroxyl groups excluding tert-OH is 2. The zero-order chi connectivity index (χ0) is 40.9. The molecule has 2 aromatic heterocycles. The van der Waals surface area contributed by atoms with E-state index < -0.39 is 66.7 Å². The molecule has 12 nitrogen and oxygen atoms in total. The highest BCUT2D eigenvalue weighted by molar-refractivity contribution is 5.82. The second-order valence-electron chi connectivity index (χ2n) is 14.9. The van der Waals surface area contributed by atoms with Gasteiger partial charge in [-0.15, -0.1) is 0 Å². The second-order valence-corrected chi connectivity index (χ2v) is 14.9. The lowest BCUT2D eigenvalue weighted by atomic mass is 9.90. The van der Waals surface area contributed by atoms with Crippen LogP contribution in [-0.2, 0) is 21.5 Å². The number of aliphatic hydroxyl groups is 2. The van der Waals surface area contributed by atoms with Crippen molar-refractivity contribution in [3.63, 3.8) is 0 Å². The molecule has 1 fully saturated rings. The lowest BCUT2D eigenvalue weighted by Crippen LogP contribution is -2.63. The van der Waals surface area contributed by atoms with Crippen LogP contribution in [0.4, 0.5) is 22.0 Å². The molecule has 4 N–H and O–H groups in total. The number of oxazole rings is 1. The van der Waals surface area contributed by atoms with Crippen LogP contribution in [0.1, 0.15) is 55.3 Å². The van der Waals surface area contributed by atoms with Crippen LogP contribution in [0.3, 0.4) is 0 Å². The molecule has 0 saturated carbocycles. The first-order valence-corrected chi connectivity index (χ1v) is 18.5. The number of benzene rings is 2. The molecule has 0 spiro atoms. The summed E-state index contributed by atoms with van der Waals surface area (Å²) >= 11 is 0. The Morgan fingerprint density at radius 1 is 1.02 bits per heavy atom. The standard InChI is InChI=1S/C40H45F5N6O6/c1-39(2,38-47-19-33(57-38)26-15-27(35(41)42)18-46-17-26)51-13-12-50(30(21-51)37(55)48-23-40(43,44)45)20-28(52)16-25(14-24-8-4-3-5-9-24)36(54)49-34-29-10-6-7-11-32(29)56-22-31(34)53/h3-11,15,17-19,25,28,30-31,34-35,52-53H,12-14,16,20-23H2,1-2H3,(H,48,55)(H,49,54)/t25-,28+,30+,31-,34+/m1/s1. The number of nitrogens with one attached hydrogen (secondary N) is 2. The Labute approximate surface area is 326 Å². The smallest absolute Gasteiger partial charge is 0.405 e. The summed E-state index contributed by atoms with van der Waals surface area (Å²) in [7, 11) is 0. The molecule has 57 heavy (non-hydrogen) atoms. The summed E-state index contributed by atoms with van der Waals surface area (Å²) < 4.78 is 78.0. The number of alkyl halides is 5. The van der Waals surface area contributed by atoms with Gasteiger partial charge in [0.05, 0.1) is 23.9 Å². The summed E-state index contributed by atoms with van der Waals surface area (Å²) in [5.74, 6) is -1.24. The molecule has 2 amide bonds. The first-order chi connectivity index (χ1) is 27.1. The van der Waals surface area contributed by atoms with E-state index in [0.717, 1.165) is 11.8 Å². The van der Waals surface area contributed by atoms with Crippen LogP contribution in [0.15, 0.2) is 83.7 Å². The Kier molecular flexibility index (Phi) is 12.9. The third-order valence-electron chi connectivity index (χ3n) is 10.4. The van der Waals surface area contributed by atoms with Crippen molar-refractivity contribution in [2.45, 2.75) is 69.1 Å². The fourth-order valence-corrected chi connectivity index (χ4v) is 7.29. The minimum absolute atomic E-state index is 0.0295. The Hall–Kier alpha value is -4.97. The number of β-amino-alcohol motifs (C(OH)–C–C–N with tert-alkyl or cyclic N) is 1. The number of hydrogen-bond donors (Lipinski definition) is 4. The summed E-state index contributed by atoms with van der Waals surface area (Å²) in [5.41, 5.74) is 0.387. The van der Waals surface area contributed by atoms with E-state index in [9.17, 15) is 41.8 Å². The minimum atomic E-state index is -4.67. The number of carbonyl (C=O) groups is 2. The number of pyridine rings is 1. The highest BCUT2D eigenvalue weighted by Crippen LogP contribution is 2.35. The summed E-state index contributed by atoms with van der Waals surface area (Å²) in [4.78, 5) is 39.1. The molecule has 0 unspecified atom stereocenters. The lowest BCUT2D eigenvalue weighted by molar-refractivity contribution is -0.144. The maximum atomic E-state index is 14.0. The van der Waals surface area contributed by atoms with Gasteiger partial charge in [0.25, 0.3) is 6.43 Å². The van der Waals surface area contributed by atoms with Gasteiger partial charge in [-0.05, 0) is 44.4 Å². The first-order valence-electron chi connectivity index (χ1n) is 18.5. The molecule has 5 atom stereocenters. The van der Waals surface area contributed by atoms with E-state index in [2.05, 4.69) is 15.3 Å². The van der Waals surface area contributed by atoms with E-state index in [-0.39, 0.29) is 68.4 Å². The average Bonchev–Trinajstić information content (AvgIpc) is 3.70. The number of para-hydroxylation sites is 1. The fraction of sp³-hybridized carbons (Fsp3) is 0.450. The van der Waals surface area contributed by atoms with Crippen LogP contribution in [0.5, 0.6) is 5.75 Å². The minimum Gasteiger partial charge on any atom is -0.490 e. The Balaban J connectivity index is 1.19. The van der Waals surface area contributed by atoms with Crippen LogP contribution in [0.25, 0.3) is 11.3 Å². The summed E-state index contributed by atoms with van der Waals surface area (Å²) in [5, 5.41) is 27.3. The number of aromatic nitrogens is 2. The monoisotopic (exact) mass is 800 g/mol. The number of carbonyl (C=O) groups excluding carboxylic acids is 2. The number of fused-ring (bicyclic) bond motifs is 1. The number of hydrogen-bond acceptors (Lipinski definition) is 10. The molecule has 6 rings (SSSR count). The quantitative estimate of drug-likeness (QED) is 0.131. The van der Waals surface area contributed by atoms with Crippen molar-refractivity contribution in [1.82, 2.24) is 30.4 Å². The van der Waals surface area contributed by atoms with Gasteiger partial charge in [0.1, 0.15) is 31.0 Å². The normalized spacial score (nSPS) is 20.4. The molecule has 17 heteroatoms. The first kappa shape index (κ1) is 41.7. The third-order valence-corrected chi connectivity index (χ3v) is 10.4. The van der Waals surface area contributed by atoms with Crippen LogP contribution < -0.4 is 15.4 Å². The SMILES string of the molecule is CC(C)(c1ncc(-c2cncc(C(F)F)c2)o1)N1CCN(C[C@@H](O)C[C@@H](Cc2ccccc2)C(=O)N[C@H]2c3ccccc3OC[C@H]2O)[C@H](C(=O)NCC(F)(F)F)C1. The number of ether oxygens (including phenoxy) is 1. The molecule has 4 aromatic rings. The molecule has 2 aromatic carbocycles. The van der Waals surface area contributed by atoms with Gasteiger partial charge in [-0.25, -0.2) is 13.8 Å². The van der Waals surface area contributed by atoms with Gasteiger partial charge in [-0.2, -0.15) is 13.2 Å². The van der Waals surface area contributed by atoms with Crippen LogP contribution in [0, 0.1) is 5.92 Å².